The van der Waals surface area contributed by atoms with Crippen LogP contribution in [0.15, 0.2) is 62.8 Å². The molecule has 126 valence electrons. The predicted octanol–water partition coefficient (Wildman–Crippen LogP) is 4.33. The van der Waals surface area contributed by atoms with Crippen LogP contribution in [0.1, 0.15) is 24.0 Å². The smallest absolute Gasteiger partial charge is 0.316 e. The lowest BCUT2D eigenvalue weighted by atomic mass is 9.78. The number of carbonyl (C=O) groups excluding carboxylic acids is 1. The summed E-state index contributed by atoms with van der Waals surface area (Å²) < 4.78 is 5.52. The van der Waals surface area contributed by atoms with Gasteiger partial charge in [0, 0.05) is 11.6 Å². The zero-order valence-electron chi connectivity index (χ0n) is 13.5. The van der Waals surface area contributed by atoms with Crippen LogP contribution in [0.3, 0.4) is 0 Å². The lowest BCUT2D eigenvalue weighted by Gasteiger charge is -2.28. The highest BCUT2D eigenvalue weighted by Crippen LogP contribution is 2.40. The average Bonchev–Trinajstić information content (AvgIpc) is 3.14. The molecule has 0 N–H and O–H groups in total. The second-order valence-corrected chi connectivity index (χ2v) is 6.91. The van der Waals surface area contributed by atoms with Gasteiger partial charge in [-0.3, -0.25) is 4.79 Å². The average molecular weight is 368 g/mol. The molecule has 4 nitrogen and oxygen atoms in total. The van der Waals surface area contributed by atoms with Gasteiger partial charge in [0.25, 0.3) is 0 Å². The van der Waals surface area contributed by atoms with Gasteiger partial charge in [0.2, 0.25) is 0 Å². The lowest BCUT2D eigenvalue weighted by Crippen LogP contribution is -2.33. The molecular formula is C19H16N2O2S2. The standard InChI is InChI=1S/C19H16N2O2S2/c1-12-16(19(22)23-10-13-5-3-2-4-6-13)17(14-7-8-25-11-14)15(9-20)18(24)21-12/h2-8,11,16-17,24H,10H2,1H3/t16?,17-/m0/s1. The van der Waals surface area contributed by atoms with Crippen LogP contribution < -0.4 is 0 Å². The van der Waals surface area contributed by atoms with Crippen molar-refractivity contribution in [2.75, 3.05) is 0 Å². The number of hydrogen-bond donors (Lipinski definition) is 1. The van der Waals surface area contributed by atoms with Crippen molar-refractivity contribution in [3.63, 3.8) is 0 Å². The highest BCUT2D eigenvalue weighted by atomic mass is 32.1. The molecule has 1 aromatic heterocycles. The van der Waals surface area contributed by atoms with Gasteiger partial charge < -0.3 is 4.74 Å². The maximum atomic E-state index is 12.8. The van der Waals surface area contributed by atoms with Gasteiger partial charge in [-0.1, -0.05) is 30.3 Å². The van der Waals surface area contributed by atoms with Crippen LogP contribution in [0.5, 0.6) is 0 Å². The summed E-state index contributed by atoms with van der Waals surface area (Å²) in [5.41, 5.74) is 2.83. The molecule has 2 heterocycles. The van der Waals surface area contributed by atoms with Gasteiger partial charge in [0.05, 0.1) is 11.6 Å². The van der Waals surface area contributed by atoms with Crippen LogP contribution in [0.4, 0.5) is 0 Å². The fraction of sp³-hybridized carbons (Fsp3) is 0.211. The third-order valence-electron chi connectivity index (χ3n) is 4.12. The van der Waals surface area contributed by atoms with Gasteiger partial charge in [0.1, 0.15) is 17.6 Å². The molecule has 0 spiro atoms. The van der Waals surface area contributed by atoms with E-state index in [2.05, 4.69) is 23.7 Å². The first-order chi connectivity index (χ1) is 12.1. The number of carbonyl (C=O) groups is 1. The summed E-state index contributed by atoms with van der Waals surface area (Å²) in [6, 6.07) is 13.6. The number of aliphatic imine (C=N–C) groups is 1. The highest BCUT2D eigenvalue weighted by Gasteiger charge is 2.40. The van der Waals surface area contributed by atoms with Crippen molar-refractivity contribution < 1.29 is 9.53 Å². The molecule has 0 saturated carbocycles. The van der Waals surface area contributed by atoms with Gasteiger partial charge in [-0.2, -0.15) is 16.6 Å². The lowest BCUT2D eigenvalue weighted by molar-refractivity contribution is -0.147. The number of nitrogens with zero attached hydrogens (tertiary/aromatic N) is 2. The van der Waals surface area contributed by atoms with Gasteiger partial charge in [-0.15, -0.1) is 12.6 Å². The van der Waals surface area contributed by atoms with Crippen molar-refractivity contribution >= 4 is 35.6 Å². The second-order valence-electron chi connectivity index (χ2n) is 5.71. The molecule has 1 aromatic carbocycles. The predicted molar refractivity (Wildman–Crippen MR) is 102 cm³/mol. The molecule has 0 bridgehead atoms. The molecule has 2 atom stereocenters. The van der Waals surface area contributed by atoms with E-state index in [1.54, 1.807) is 6.92 Å². The van der Waals surface area contributed by atoms with Crippen LogP contribution >= 0.6 is 24.0 Å². The largest absolute Gasteiger partial charge is 0.460 e. The Morgan fingerprint density at radius 1 is 1.36 bits per heavy atom. The normalized spacial score (nSPS) is 20.0. The molecule has 1 aliphatic heterocycles. The third kappa shape index (κ3) is 3.68. The molecule has 0 amide bonds. The van der Waals surface area contributed by atoms with Crippen molar-refractivity contribution in [3.05, 3.63) is 68.9 Å². The Balaban J connectivity index is 1.88. The van der Waals surface area contributed by atoms with Crippen molar-refractivity contribution in [3.8, 4) is 6.07 Å². The summed E-state index contributed by atoms with van der Waals surface area (Å²) >= 11 is 5.85. The first kappa shape index (κ1) is 17.5. The van der Waals surface area contributed by atoms with E-state index >= 15 is 0 Å². The molecule has 1 aliphatic rings. The van der Waals surface area contributed by atoms with Crippen molar-refractivity contribution in [1.29, 1.82) is 5.26 Å². The van der Waals surface area contributed by atoms with Crippen LogP contribution in [0.25, 0.3) is 0 Å². The minimum atomic E-state index is -0.621. The van der Waals surface area contributed by atoms with E-state index in [1.807, 2.05) is 47.2 Å². The molecular weight excluding hydrogens is 352 g/mol. The van der Waals surface area contributed by atoms with Crippen molar-refractivity contribution in [1.82, 2.24) is 0 Å². The number of thiophene rings is 1. The molecule has 3 rings (SSSR count). The molecule has 1 unspecified atom stereocenters. The second kappa shape index (κ2) is 7.68. The number of nitriles is 1. The first-order valence-corrected chi connectivity index (χ1v) is 9.12. The number of thiol groups is 1. The Kier molecular flexibility index (Phi) is 5.37. The van der Waals surface area contributed by atoms with E-state index in [0.29, 0.717) is 16.3 Å². The molecule has 6 heteroatoms. The Labute approximate surface area is 155 Å². The summed E-state index contributed by atoms with van der Waals surface area (Å²) in [5.74, 6) is -1.41. The zero-order valence-corrected chi connectivity index (χ0v) is 15.3. The van der Waals surface area contributed by atoms with Gasteiger partial charge >= 0.3 is 5.97 Å². The summed E-state index contributed by atoms with van der Waals surface area (Å²) in [6.07, 6.45) is 0. The molecule has 25 heavy (non-hydrogen) atoms. The van der Waals surface area contributed by atoms with E-state index < -0.39 is 11.8 Å². The number of hydrogen-bond acceptors (Lipinski definition) is 6. The van der Waals surface area contributed by atoms with E-state index in [9.17, 15) is 10.1 Å². The topological polar surface area (TPSA) is 62.5 Å². The minimum absolute atomic E-state index is 0.194. The quantitative estimate of drug-likeness (QED) is 0.645. The SMILES string of the molecule is CC1=NC(S)=C(C#N)[C@H](c2ccsc2)C1C(=O)OCc1ccccc1. The molecule has 0 radical (unpaired) electrons. The Morgan fingerprint density at radius 2 is 2.12 bits per heavy atom. The van der Waals surface area contributed by atoms with E-state index in [1.165, 1.54) is 11.3 Å². The van der Waals surface area contributed by atoms with Gasteiger partial charge in [-0.25, -0.2) is 4.99 Å². The summed E-state index contributed by atoms with van der Waals surface area (Å²) in [7, 11) is 0. The molecule has 2 aromatic rings. The summed E-state index contributed by atoms with van der Waals surface area (Å²) in [4.78, 5) is 17.1. The molecule has 0 saturated heterocycles. The van der Waals surface area contributed by atoms with Crippen molar-refractivity contribution in [2.45, 2.75) is 19.4 Å². The summed E-state index contributed by atoms with van der Waals surface area (Å²) in [6.45, 7) is 1.97. The maximum Gasteiger partial charge on any atom is 0.316 e. The Hall–Kier alpha value is -2.36. The van der Waals surface area contributed by atoms with Gasteiger partial charge in [0.15, 0.2) is 0 Å². The fourth-order valence-electron chi connectivity index (χ4n) is 2.90. The van der Waals surface area contributed by atoms with Crippen LogP contribution in [-0.2, 0) is 16.1 Å². The Morgan fingerprint density at radius 3 is 2.76 bits per heavy atom. The summed E-state index contributed by atoms with van der Waals surface area (Å²) in [5, 5.41) is 13.8. The van der Waals surface area contributed by atoms with Gasteiger partial charge in [-0.05, 0) is 34.9 Å². The van der Waals surface area contributed by atoms with Crippen LogP contribution in [0.2, 0.25) is 0 Å². The number of ether oxygens (including phenoxy) is 1. The van der Waals surface area contributed by atoms with E-state index in [-0.39, 0.29) is 12.6 Å². The highest BCUT2D eigenvalue weighted by molar-refractivity contribution is 7.84. The number of benzene rings is 1. The maximum absolute atomic E-state index is 12.8. The fourth-order valence-corrected chi connectivity index (χ4v) is 3.94. The van der Waals surface area contributed by atoms with Crippen molar-refractivity contribution in [2.24, 2.45) is 10.9 Å². The van der Waals surface area contributed by atoms with E-state index in [0.717, 1.165) is 11.1 Å². The number of esters is 1. The first-order valence-electron chi connectivity index (χ1n) is 7.73. The zero-order chi connectivity index (χ0) is 17.8. The van der Waals surface area contributed by atoms with Crippen LogP contribution in [0, 0.1) is 17.2 Å². The van der Waals surface area contributed by atoms with E-state index in [4.69, 9.17) is 4.74 Å². The molecule has 0 aliphatic carbocycles. The monoisotopic (exact) mass is 368 g/mol. The third-order valence-corrected chi connectivity index (χ3v) is 5.16. The Bertz CT molecular complexity index is 865. The van der Waals surface area contributed by atoms with Crippen LogP contribution in [-0.4, -0.2) is 11.7 Å². The molecule has 0 fully saturated rings. The number of allylic oxidation sites excluding steroid dienone is 1. The minimum Gasteiger partial charge on any atom is -0.460 e. The number of rotatable bonds is 4.